The van der Waals surface area contributed by atoms with E-state index in [9.17, 15) is 9.50 Å². The molecule has 0 saturated carbocycles. The fourth-order valence-electron chi connectivity index (χ4n) is 1.96. The Morgan fingerprint density at radius 2 is 1.70 bits per heavy atom. The zero-order valence-corrected chi connectivity index (χ0v) is 14.0. The number of anilines is 1. The largest absolute Gasteiger partial charge is 0.394 e. The molecule has 0 radical (unpaired) electrons. The van der Waals surface area contributed by atoms with Gasteiger partial charge in [0, 0.05) is 20.2 Å². The van der Waals surface area contributed by atoms with Crippen LogP contribution in [0.4, 0.5) is 10.1 Å². The lowest BCUT2D eigenvalue weighted by molar-refractivity contribution is 0.220. The summed E-state index contributed by atoms with van der Waals surface area (Å²) in [5, 5.41) is 12.9. The van der Waals surface area contributed by atoms with Gasteiger partial charge in [-0.25, -0.2) is 4.39 Å². The van der Waals surface area contributed by atoms with Gasteiger partial charge in [0.15, 0.2) is 0 Å². The summed E-state index contributed by atoms with van der Waals surface area (Å²) in [4.78, 5) is 0. The molecular formula is C15H14Br2FNO. The normalized spacial score (nSPS) is 13.8. The zero-order chi connectivity index (χ0) is 14.8. The molecule has 2 nitrogen and oxygen atoms in total. The molecule has 0 spiro atoms. The Morgan fingerprint density at radius 3 is 2.30 bits per heavy atom. The quantitative estimate of drug-likeness (QED) is 0.778. The lowest BCUT2D eigenvalue weighted by Crippen LogP contribution is -2.36. The molecule has 0 heterocycles. The molecule has 0 aliphatic carbocycles. The van der Waals surface area contributed by atoms with Crippen molar-refractivity contribution in [2.45, 2.75) is 12.5 Å². The maximum Gasteiger partial charge on any atom is 0.128 e. The minimum Gasteiger partial charge on any atom is -0.394 e. The van der Waals surface area contributed by atoms with Crippen molar-refractivity contribution in [1.82, 2.24) is 0 Å². The van der Waals surface area contributed by atoms with Crippen LogP contribution in [0.2, 0.25) is 0 Å². The highest BCUT2D eigenvalue weighted by Gasteiger charge is 2.29. The monoisotopic (exact) mass is 401 g/mol. The number of aliphatic hydroxyl groups is 1. The standard InChI is InChI=1S/C15H14Br2FNO/c1-15(9-20,13-8-11(17)4-7-14(13)18)19-12-5-2-10(16)3-6-12/h2-8,19-20H,9H2,1H3. The molecule has 2 aromatic rings. The van der Waals surface area contributed by atoms with E-state index in [1.54, 1.807) is 19.1 Å². The van der Waals surface area contributed by atoms with E-state index in [2.05, 4.69) is 37.2 Å². The molecule has 106 valence electrons. The Bertz CT molecular complexity index is 603. The van der Waals surface area contributed by atoms with Crippen molar-refractivity contribution < 1.29 is 9.50 Å². The summed E-state index contributed by atoms with van der Waals surface area (Å²) in [6.45, 7) is 1.54. The van der Waals surface area contributed by atoms with Gasteiger partial charge in [-0.1, -0.05) is 31.9 Å². The highest BCUT2D eigenvalue weighted by atomic mass is 79.9. The SMILES string of the molecule is CC(CO)(Nc1ccc(Br)cc1)c1cc(Br)ccc1F. The molecule has 0 aromatic heterocycles. The van der Waals surface area contributed by atoms with Crippen LogP contribution < -0.4 is 5.32 Å². The van der Waals surface area contributed by atoms with Crippen LogP contribution in [0.1, 0.15) is 12.5 Å². The molecule has 2 rings (SSSR count). The van der Waals surface area contributed by atoms with Crippen LogP contribution >= 0.6 is 31.9 Å². The third-order valence-corrected chi connectivity index (χ3v) is 4.13. The number of aliphatic hydroxyl groups excluding tert-OH is 1. The van der Waals surface area contributed by atoms with Crippen LogP contribution in [0.25, 0.3) is 0 Å². The highest BCUT2D eigenvalue weighted by Crippen LogP contribution is 2.30. The topological polar surface area (TPSA) is 32.3 Å². The average Bonchev–Trinajstić information content (AvgIpc) is 2.44. The molecule has 1 unspecified atom stereocenters. The van der Waals surface area contributed by atoms with E-state index in [-0.39, 0.29) is 12.4 Å². The fourth-order valence-corrected chi connectivity index (χ4v) is 2.59. The van der Waals surface area contributed by atoms with Gasteiger partial charge in [0.25, 0.3) is 0 Å². The van der Waals surface area contributed by atoms with Gasteiger partial charge in [-0.3, -0.25) is 0 Å². The Labute approximate surface area is 134 Å². The Morgan fingerprint density at radius 1 is 1.10 bits per heavy atom. The van der Waals surface area contributed by atoms with E-state index in [0.717, 1.165) is 14.6 Å². The summed E-state index contributed by atoms with van der Waals surface area (Å²) in [7, 11) is 0. The maximum absolute atomic E-state index is 14.0. The second-order valence-corrected chi connectivity index (χ2v) is 6.58. The summed E-state index contributed by atoms with van der Waals surface area (Å²) in [5.74, 6) is -0.352. The second-order valence-electron chi connectivity index (χ2n) is 4.75. The molecule has 0 fully saturated rings. The predicted octanol–water partition coefficient (Wildman–Crippen LogP) is 4.67. The van der Waals surface area contributed by atoms with Crippen molar-refractivity contribution in [3.8, 4) is 0 Å². The molecule has 1 atom stereocenters. The molecular weight excluding hydrogens is 389 g/mol. The molecule has 0 saturated heterocycles. The van der Waals surface area contributed by atoms with Gasteiger partial charge in [-0.15, -0.1) is 0 Å². The van der Waals surface area contributed by atoms with Crippen LogP contribution in [0.3, 0.4) is 0 Å². The summed E-state index contributed by atoms with van der Waals surface area (Å²) in [6, 6.07) is 12.2. The minimum absolute atomic E-state index is 0.226. The third kappa shape index (κ3) is 3.40. The van der Waals surface area contributed by atoms with E-state index in [0.29, 0.717) is 5.56 Å². The maximum atomic E-state index is 14.0. The van der Waals surface area contributed by atoms with Gasteiger partial charge in [0.1, 0.15) is 5.82 Å². The van der Waals surface area contributed by atoms with E-state index in [1.807, 2.05) is 24.3 Å². The molecule has 2 N–H and O–H groups in total. The summed E-state index contributed by atoms with van der Waals surface area (Å²) in [6.07, 6.45) is 0. The van der Waals surface area contributed by atoms with Crippen LogP contribution in [-0.2, 0) is 5.54 Å². The summed E-state index contributed by atoms with van der Waals surface area (Å²) >= 11 is 6.70. The molecule has 5 heteroatoms. The van der Waals surface area contributed by atoms with Crippen molar-refractivity contribution in [3.63, 3.8) is 0 Å². The number of benzene rings is 2. The number of hydrogen-bond acceptors (Lipinski definition) is 2. The first-order chi connectivity index (χ1) is 9.44. The number of halogens is 3. The summed E-state index contributed by atoms with van der Waals surface area (Å²) in [5.41, 5.74) is 0.322. The Kier molecular flexibility index (Phi) is 4.83. The third-order valence-electron chi connectivity index (χ3n) is 3.10. The van der Waals surface area contributed by atoms with Crippen molar-refractivity contribution >= 4 is 37.5 Å². The van der Waals surface area contributed by atoms with Gasteiger partial charge in [-0.2, -0.15) is 0 Å². The predicted molar refractivity (Wildman–Crippen MR) is 86.3 cm³/mol. The fraction of sp³-hybridized carbons (Fsp3) is 0.200. The average molecular weight is 403 g/mol. The molecule has 20 heavy (non-hydrogen) atoms. The molecule has 0 aliphatic rings. The lowest BCUT2D eigenvalue weighted by atomic mass is 9.92. The van der Waals surface area contributed by atoms with Crippen LogP contribution in [0.5, 0.6) is 0 Å². The molecule has 0 amide bonds. The van der Waals surface area contributed by atoms with E-state index < -0.39 is 5.54 Å². The van der Waals surface area contributed by atoms with Crippen LogP contribution in [-0.4, -0.2) is 11.7 Å². The molecule has 0 bridgehead atoms. The van der Waals surface area contributed by atoms with Crippen molar-refractivity contribution in [2.75, 3.05) is 11.9 Å². The van der Waals surface area contributed by atoms with Gasteiger partial charge in [0.05, 0.1) is 12.1 Å². The Hall–Kier alpha value is -0.910. The summed E-state index contributed by atoms with van der Waals surface area (Å²) < 4.78 is 15.8. The first-order valence-corrected chi connectivity index (χ1v) is 7.63. The Balaban J connectivity index is 2.37. The van der Waals surface area contributed by atoms with Crippen molar-refractivity contribution in [2.24, 2.45) is 0 Å². The zero-order valence-electron chi connectivity index (χ0n) is 10.8. The van der Waals surface area contributed by atoms with E-state index >= 15 is 0 Å². The first kappa shape index (κ1) is 15.5. The minimum atomic E-state index is -0.901. The van der Waals surface area contributed by atoms with Crippen molar-refractivity contribution in [3.05, 3.63) is 62.8 Å². The van der Waals surface area contributed by atoms with Gasteiger partial charge >= 0.3 is 0 Å². The molecule has 2 aromatic carbocycles. The smallest absolute Gasteiger partial charge is 0.128 e. The van der Waals surface area contributed by atoms with Crippen LogP contribution in [0, 0.1) is 5.82 Å². The van der Waals surface area contributed by atoms with Gasteiger partial charge < -0.3 is 10.4 Å². The lowest BCUT2D eigenvalue weighted by Gasteiger charge is -2.31. The first-order valence-electron chi connectivity index (χ1n) is 6.05. The number of hydrogen-bond donors (Lipinski definition) is 2. The number of rotatable bonds is 4. The molecule has 0 aliphatic heterocycles. The number of nitrogens with one attached hydrogen (secondary N) is 1. The van der Waals surface area contributed by atoms with Gasteiger partial charge in [0.2, 0.25) is 0 Å². The highest BCUT2D eigenvalue weighted by molar-refractivity contribution is 9.10. The van der Waals surface area contributed by atoms with Crippen LogP contribution in [0.15, 0.2) is 51.4 Å². The van der Waals surface area contributed by atoms with Crippen molar-refractivity contribution in [1.29, 1.82) is 0 Å². The second kappa shape index (κ2) is 6.24. The van der Waals surface area contributed by atoms with Gasteiger partial charge in [-0.05, 0) is 49.4 Å². The van der Waals surface area contributed by atoms with E-state index in [4.69, 9.17) is 0 Å². The van der Waals surface area contributed by atoms with E-state index in [1.165, 1.54) is 6.07 Å².